The molecule has 156 valence electrons. The Morgan fingerprint density at radius 2 is 1.86 bits per heavy atom. The number of alkyl halides is 3. The molecule has 1 fully saturated rings. The number of hydrogen-bond acceptors (Lipinski definition) is 4. The zero-order valence-corrected chi connectivity index (χ0v) is 16.0. The molecule has 1 saturated heterocycles. The summed E-state index contributed by atoms with van der Waals surface area (Å²) in [6.45, 7) is 1.89. The Hall–Kier alpha value is -2.55. The van der Waals surface area contributed by atoms with Crippen molar-refractivity contribution >= 4 is 23.3 Å². The molecule has 1 aliphatic heterocycles. The number of nitrogens with zero attached hydrogens (tertiary/aromatic N) is 3. The minimum Gasteiger partial charge on any atom is -0.491 e. The smallest absolute Gasteiger partial charge is 0.417 e. The normalized spacial score (nSPS) is 14.8. The topological polar surface area (TPSA) is 45.7 Å². The average molecular weight is 432 g/mol. The predicted octanol–water partition coefficient (Wildman–Crippen LogP) is 4.01. The Balaban J connectivity index is 1.45. The van der Waals surface area contributed by atoms with Crippen LogP contribution in [0.15, 0.2) is 36.5 Å². The zero-order chi connectivity index (χ0) is 21.0. The van der Waals surface area contributed by atoms with Crippen molar-refractivity contribution in [1.29, 1.82) is 0 Å². The summed E-state index contributed by atoms with van der Waals surface area (Å²) in [5.74, 6) is 0.167. The van der Waals surface area contributed by atoms with E-state index >= 15 is 0 Å². The third kappa shape index (κ3) is 5.50. The summed E-state index contributed by atoms with van der Waals surface area (Å²) in [5.41, 5.74) is -0.795. The van der Waals surface area contributed by atoms with Crippen LogP contribution >= 0.6 is 11.6 Å². The average Bonchev–Trinajstić information content (AvgIpc) is 2.69. The van der Waals surface area contributed by atoms with E-state index in [0.717, 1.165) is 18.3 Å². The minimum atomic E-state index is -4.42. The molecule has 0 bridgehead atoms. The third-order valence-electron chi connectivity index (χ3n) is 4.50. The number of halogens is 5. The Morgan fingerprint density at radius 3 is 2.45 bits per heavy atom. The van der Waals surface area contributed by atoms with Crippen LogP contribution in [-0.2, 0) is 11.0 Å². The predicted molar refractivity (Wildman–Crippen MR) is 99.6 cm³/mol. The highest BCUT2D eigenvalue weighted by atomic mass is 35.5. The van der Waals surface area contributed by atoms with Gasteiger partial charge in [-0.2, -0.15) is 13.2 Å². The lowest BCUT2D eigenvalue weighted by Crippen LogP contribution is -2.49. The number of carbonyl (C=O) groups is 1. The summed E-state index contributed by atoms with van der Waals surface area (Å²) in [4.78, 5) is 19.7. The van der Waals surface area contributed by atoms with Gasteiger partial charge in [0.05, 0.1) is 23.6 Å². The second-order valence-electron chi connectivity index (χ2n) is 6.44. The lowest BCUT2D eigenvalue weighted by molar-refractivity contribution is -0.138. The number of benzene rings is 1. The van der Waals surface area contributed by atoms with Gasteiger partial charge in [0.25, 0.3) is 0 Å². The van der Waals surface area contributed by atoms with E-state index in [4.69, 9.17) is 16.3 Å². The summed E-state index contributed by atoms with van der Waals surface area (Å²) in [6.07, 6.45) is -3.48. The molecule has 2 aromatic rings. The van der Waals surface area contributed by atoms with Crippen LogP contribution in [0.3, 0.4) is 0 Å². The summed E-state index contributed by atoms with van der Waals surface area (Å²) in [5, 5.41) is 0.134. The number of piperazine rings is 1. The van der Waals surface area contributed by atoms with Gasteiger partial charge in [0.15, 0.2) is 0 Å². The summed E-state index contributed by atoms with van der Waals surface area (Å²) in [6, 6.07) is 6.08. The first-order chi connectivity index (χ1) is 13.7. The van der Waals surface area contributed by atoms with Gasteiger partial charge >= 0.3 is 6.18 Å². The molecular formula is C19H18ClF4N3O2. The number of pyridine rings is 1. The Labute approximate surface area is 169 Å². The van der Waals surface area contributed by atoms with Gasteiger partial charge in [0.1, 0.15) is 17.4 Å². The largest absolute Gasteiger partial charge is 0.491 e. The van der Waals surface area contributed by atoms with Gasteiger partial charge in [0, 0.05) is 32.4 Å². The number of hydrogen-bond donors (Lipinski definition) is 0. The van der Waals surface area contributed by atoms with Crippen LogP contribution in [0.25, 0.3) is 0 Å². The first kappa shape index (κ1) is 21.2. The second kappa shape index (κ2) is 8.86. The van der Waals surface area contributed by atoms with E-state index in [-0.39, 0.29) is 24.0 Å². The van der Waals surface area contributed by atoms with Gasteiger partial charge in [-0.25, -0.2) is 9.37 Å². The van der Waals surface area contributed by atoms with Crippen LogP contribution in [0.2, 0.25) is 5.02 Å². The third-order valence-corrected chi connectivity index (χ3v) is 4.79. The molecule has 0 spiro atoms. The molecule has 0 radical (unpaired) electrons. The minimum absolute atomic E-state index is 0.102. The number of rotatable bonds is 5. The molecule has 5 nitrogen and oxygen atoms in total. The quantitative estimate of drug-likeness (QED) is 0.671. The van der Waals surface area contributed by atoms with Crippen molar-refractivity contribution in [3.63, 3.8) is 0 Å². The summed E-state index contributed by atoms with van der Waals surface area (Å²) < 4.78 is 56.3. The molecule has 2 heterocycles. The lowest BCUT2D eigenvalue weighted by Gasteiger charge is -2.35. The van der Waals surface area contributed by atoms with Crippen molar-refractivity contribution in [2.24, 2.45) is 0 Å². The molecule has 0 saturated carbocycles. The molecular weight excluding hydrogens is 414 g/mol. The number of amides is 1. The van der Waals surface area contributed by atoms with Crippen molar-refractivity contribution in [2.45, 2.75) is 12.6 Å². The maximum atomic E-state index is 13.0. The number of aromatic nitrogens is 1. The number of ether oxygens (including phenoxy) is 1. The van der Waals surface area contributed by atoms with Gasteiger partial charge in [-0.15, -0.1) is 0 Å². The molecule has 0 unspecified atom stereocenters. The maximum Gasteiger partial charge on any atom is 0.417 e. The fourth-order valence-electron chi connectivity index (χ4n) is 2.92. The molecule has 0 atom stereocenters. The second-order valence-corrected chi connectivity index (χ2v) is 6.85. The van der Waals surface area contributed by atoms with Crippen LogP contribution in [0.5, 0.6) is 5.75 Å². The summed E-state index contributed by atoms with van der Waals surface area (Å²) >= 11 is 5.87. The molecule has 0 aliphatic carbocycles. The van der Waals surface area contributed by atoms with Gasteiger partial charge in [0.2, 0.25) is 5.91 Å². The number of anilines is 1. The molecule has 1 aromatic carbocycles. The molecule has 1 amide bonds. The molecule has 1 aromatic heterocycles. The van der Waals surface area contributed by atoms with Crippen LogP contribution in [0.1, 0.15) is 12.0 Å². The fraction of sp³-hybridized carbons (Fsp3) is 0.368. The van der Waals surface area contributed by atoms with Crippen molar-refractivity contribution in [2.75, 3.05) is 37.7 Å². The van der Waals surface area contributed by atoms with Gasteiger partial charge in [-0.3, -0.25) is 4.79 Å². The standard InChI is InChI=1S/C19H18ClF4N3O2/c20-15-11-14(21)2-3-16(15)29-10-5-18(28)27-8-6-26(7-9-27)17-4-1-13(12-25-17)19(22,23)24/h1-4,11-12H,5-10H2. The van der Waals surface area contributed by atoms with Crippen molar-refractivity contribution in [3.05, 3.63) is 52.9 Å². The Bertz CT molecular complexity index is 854. The van der Waals surface area contributed by atoms with Crippen LogP contribution in [0.4, 0.5) is 23.4 Å². The van der Waals surface area contributed by atoms with E-state index in [0.29, 0.717) is 37.7 Å². The highest BCUT2D eigenvalue weighted by Gasteiger charge is 2.31. The van der Waals surface area contributed by atoms with Crippen molar-refractivity contribution in [1.82, 2.24) is 9.88 Å². The van der Waals surface area contributed by atoms with E-state index in [1.807, 2.05) is 4.90 Å². The fourth-order valence-corrected chi connectivity index (χ4v) is 3.15. The van der Waals surface area contributed by atoms with Crippen molar-refractivity contribution < 1.29 is 27.1 Å². The van der Waals surface area contributed by atoms with E-state index in [2.05, 4.69) is 4.98 Å². The van der Waals surface area contributed by atoms with Crippen LogP contribution in [-0.4, -0.2) is 48.6 Å². The van der Waals surface area contributed by atoms with E-state index in [9.17, 15) is 22.4 Å². The van der Waals surface area contributed by atoms with E-state index in [1.54, 1.807) is 4.90 Å². The highest BCUT2D eigenvalue weighted by molar-refractivity contribution is 6.32. The highest BCUT2D eigenvalue weighted by Crippen LogP contribution is 2.29. The lowest BCUT2D eigenvalue weighted by atomic mass is 10.2. The molecule has 29 heavy (non-hydrogen) atoms. The number of carbonyl (C=O) groups excluding carboxylic acids is 1. The van der Waals surface area contributed by atoms with E-state index in [1.165, 1.54) is 18.2 Å². The Morgan fingerprint density at radius 1 is 1.14 bits per heavy atom. The van der Waals surface area contributed by atoms with Gasteiger partial charge in [-0.05, 0) is 30.3 Å². The molecule has 0 N–H and O–H groups in total. The van der Waals surface area contributed by atoms with Gasteiger partial charge < -0.3 is 14.5 Å². The Kier molecular flexibility index (Phi) is 6.46. The van der Waals surface area contributed by atoms with Crippen molar-refractivity contribution in [3.8, 4) is 5.75 Å². The maximum absolute atomic E-state index is 13.0. The first-order valence-electron chi connectivity index (χ1n) is 8.88. The molecule has 3 rings (SSSR count). The monoisotopic (exact) mass is 431 g/mol. The van der Waals surface area contributed by atoms with Crippen LogP contribution < -0.4 is 9.64 Å². The van der Waals surface area contributed by atoms with Crippen LogP contribution in [0, 0.1) is 5.82 Å². The zero-order valence-electron chi connectivity index (χ0n) is 15.3. The van der Waals surface area contributed by atoms with E-state index < -0.39 is 17.6 Å². The van der Waals surface area contributed by atoms with Gasteiger partial charge in [-0.1, -0.05) is 11.6 Å². The molecule has 10 heteroatoms. The molecule has 1 aliphatic rings. The summed E-state index contributed by atoms with van der Waals surface area (Å²) in [7, 11) is 0. The SMILES string of the molecule is O=C(CCOc1ccc(F)cc1Cl)N1CCN(c2ccc(C(F)(F)F)cn2)CC1. The first-order valence-corrected chi connectivity index (χ1v) is 9.25.